The SMILES string of the molecule is CC1=CC[C@H](C(C)(C)Nc2nnc(-c3ccc([N+](=O)[O-])cc3)s2)CC1. The number of nitro benzene ring substituents is 1. The van der Waals surface area contributed by atoms with Gasteiger partial charge >= 0.3 is 0 Å². The van der Waals surface area contributed by atoms with Crippen LogP contribution in [0.2, 0.25) is 0 Å². The Balaban J connectivity index is 1.71. The van der Waals surface area contributed by atoms with Crippen LogP contribution in [-0.2, 0) is 0 Å². The van der Waals surface area contributed by atoms with Crippen molar-refractivity contribution in [2.75, 3.05) is 5.32 Å². The van der Waals surface area contributed by atoms with Gasteiger partial charge in [0.15, 0.2) is 0 Å². The first kappa shape index (κ1) is 17.5. The van der Waals surface area contributed by atoms with Crippen LogP contribution in [0.4, 0.5) is 10.8 Å². The van der Waals surface area contributed by atoms with Crippen molar-refractivity contribution in [2.24, 2.45) is 5.92 Å². The number of hydrogen-bond acceptors (Lipinski definition) is 6. The largest absolute Gasteiger partial charge is 0.355 e. The van der Waals surface area contributed by atoms with Gasteiger partial charge in [-0.1, -0.05) is 23.0 Å². The lowest BCUT2D eigenvalue weighted by Gasteiger charge is -2.36. The van der Waals surface area contributed by atoms with E-state index in [-0.39, 0.29) is 11.2 Å². The molecule has 6 nitrogen and oxygen atoms in total. The number of nitrogens with zero attached hydrogens (tertiary/aromatic N) is 3. The van der Waals surface area contributed by atoms with E-state index < -0.39 is 4.92 Å². The number of nitro groups is 1. The highest BCUT2D eigenvalue weighted by Gasteiger charge is 2.31. The molecule has 1 aliphatic carbocycles. The van der Waals surface area contributed by atoms with Crippen LogP contribution in [0.5, 0.6) is 0 Å². The lowest BCUT2D eigenvalue weighted by molar-refractivity contribution is -0.384. The molecule has 0 aliphatic heterocycles. The quantitative estimate of drug-likeness (QED) is 0.459. The number of non-ortho nitro benzene ring substituents is 1. The van der Waals surface area contributed by atoms with Gasteiger partial charge in [0.25, 0.3) is 5.69 Å². The maximum absolute atomic E-state index is 10.7. The van der Waals surface area contributed by atoms with Crippen molar-refractivity contribution in [3.8, 4) is 10.6 Å². The molecule has 132 valence electrons. The molecule has 0 saturated heterocycles. The second kappa shape index (κ2) is 6.92. The zero-order chi connectivity index (χ0) is 18.0. The van der Waals surface area contributed by atoms with Gasteiger partial charge < -0.3 is 5.32 Å². The molecule has 1 aromatic heterocycles. The maximum Gasteiger partial charge on any atom is 0.269 e. The Morgan fingerprint density at radius 1 is 1.28 bits per heavy atom. The standard InChI is InChI=1S/C18H22N4O2S/c1-12-4-8-14(9-5-12)18(2,3)19-17-21-20-16(25-17)13-6-10-15(11-7-13)22(23)24/h4,6-7,10-11,14H,5,8-9H2,1-3H3,(H,19,21)/t14-/m0/s1. The van der Waals surface area contributed by atoms with Crippen LogP contribution in [0.1, 0.15) is 40.0 Å². The monoisotopic (exact) mass is 358 g/mol. The number of aromatic nitrogens is 2. The topological polar surface area (TPSA) is 81.0 Å². The third-order valence-corrected chi connectivity index (χ3v) is 5.73. The first-order chi connectivity index (χ1) is 11.8. The molecule has 3 rings (SSSR count). The first-order valence-corrected chi connectivity index (χ1v) is 9.19. The Hall–Kier alpha value is -2.28. The van der Waals surface area contributed by atoms with E-state index in [1.54, 1.807) is 12.1 Å². The second-order valence-corrected chi connectivity index (χ2v) is 8.06. The Kier molecular flexibility index (Phi) is 4.85. The highest BCUT2D eigenvalue weighted by atomic mass is 32.1. The average Bonchev–Trinajstić information content (AvgIpc) is 3.03. The zero-order valence-corrected chi connectivity index (χ0v) is 15.5. The molecule has 1 aliphatic rings. The lowest BCUT2D eigenvalue weighted by Crippen LogP contribution is -2.40. The zero-order valence-electron chi connectivity index (χ0n) is 14.7. The molecule has 7 heteroatoms. The minimum Gasteiger partial charge on any atom is -0.355 e. The summed E-state index contributed by atoms with van der Waals surface area (Å²) in [6.07, 6.45) is 5.75. The summed E-state index contributed by atoms with van der Waals surface area (Å²) in [6.45, 7) is 6.61. The van der Waals surface area contributed by atoms with Gasteiger partial charge in [0.2, 0.25) is 5.13 Å². The summed E-state index contributed by atoms with van der Waals surface area (Å²) in [7, 11) is 0. The van der Waals surface area contributed by atoms with Crippen molar-refractivity contribution >= 4 is 22.2 Å². The van der Waals surface area contributed by atoms with Crippen LogP contribution in [-0.4, -0.2) is 20.7 Å². The molecule has 0 fully saturated rings. The lowest BCUT2D eigenvalue weighted by atomic mass is 9.78. The van der Waals surface area contributed by atoms with Crippen LogP contribution < -0.4 is 5.32 Å². The minimum absolute atomic E-state index is 0.0660. The highest BCUT2D eigenvalue weighted by Crippen LogP contribution is 2.36. The third-order valence-electron chi connectivity index (χ3n) is 4.84. The summed E-state index contributed by atoms with van der Waals surface area (Å²) in [4.78, 5) is 10.3. The number of hydrogen-bond donors (Lipinski definition) is 1. The van der Waals surface area contributed by atoms with Crippen molar-refractivity contribution in [2.45, 2.75) is 45.6 Å². The van der Waals surface area contributed by atoms with Crippen LogP contribution in [0, 0.1) is 16.0 Å². The average molecular weight is 358 g/mol. The summed E-state index contributed by atoms with van der Waals surface area (Å²) >= 11 is 1.47. The maximum atomic E-state index is 10.7. The summed E-state index contributed by atoms with van der Waals surface area (Å²) in [5.41, 5.74) is 2.32. The fourth-order valence-electron chi connectivity index (χ4n) is 3.11. The molecule has 1 N–H and O–H groups in total. The molecule has 0 saturated carbocycles. The molecule has 1 atom stereocenters. The van der Waals surface area contributed by atoms with Crippen molar-refractivity contribution < 1.29 is 4.92 Å². The van der Waals surface area contributed by atoms with Crippen LogP contribution in [0.3, 0.4) is 0 Å². The van der Waals surface area contributed by atoms with Gasteiger partial charge in [-0.3, -0.25) is 10.1 Å². The van der Waals surface area contributed by atoms with E-state index in [2.05, 4.69) is 42.4 Å². The third kappa shape index (κ3) is 4.04. The predicted molar refractivity (Wildman–Crippen MR) is 101 cm³/mol. The van der Waals surface area contributed by atoms with E-state index in [1.807, 2.05) is 0 Å². The summed E-state index contributed by atoms with van der Waals surface area (Å²) in [6, 6.07) is 6.40. The normalized spacial score (nSPS) is 17.9. The van der Waals surface area contributed by atoms with Gasteiger partial charge in [0.05, 0.1) is 4.92 Å². The Morgan fingerprint density at radius 2 is 2.00 bits per heavy atom. The molecular weight excluding hydrogens is 336 g/mol. The van der Waals surface area contributed by atoms with Gasteiger partial charge in [0.1, 0.15) is 5.01 Å². The summed E-state index contributed by atoms with van der Waals surface area (Å²) in [5, 5.41) is 24.3. The number of nitrogens with one attached hydrogen (secondary N) is 1. The van der Waals surface area contributed by atoms with Gasteiger partial charge in [-0.2, -0.15) is 0 Å². The second-order valence-electron chi connectivity index (χ2n) is 7.08. The molecule has 25 heavy (non-hydrogen) atoms. The van der Waals surface area contributed by atoms with Crippen molar-refractivity contribution in [1.82, 2.24) is 10.2 Å². The molecule has 1 heterocycles. The van der Waals surface area contributed by atoms with Crippen LogP contribution in [0.15, 0.2) is 35.9 Å². The molecular formula is C18H22N4O2S. The Labute approximate surface area is 151 Å². The first-order valence-electron chi connectivity index (χ1n) is 8.37. The molecule has 0 spiro atoms. The fraction of sp³-hybridized carbons (Fsp3) is 0.444. The van der Waals surface area contributed by atoms with Crippen LogP contribution >= 0.6 is 11.3 Å². The Morgan fingerprint density at radius 3 is 2.60 bits per heavy atom. The molecule has 0 amide bonds. The molecule has 2 aromatic rings. The smallest absolute Gasteiger partial charge is 0.269 e. The van der Waals surface area contributed by atoms with Gasteiger partial charge in [-0.05, 0) is 58.1 Å². The highest BCUT2D eigenvalue weighted by molar-refractivity contribution is 7.18. The van der Waals surface area contributed by atoms with Gasteiger partial charge in [0, 0.05) is 23.2 Å². The van der Waals surface area contributed by atoms with Crippen molar-refractivity contribution in [3.05, 3.63) is 46.0 Å². The van der Waals surface area contributed by atoms with Gasteiger partial charge in [-0.15, -0.1) is 10.2 Å². The predicted octanol–water partition coefficient (Wildman–Crippen LogP) is 5.05. The number of anilines is 1. The molecule has 0 radical (unpaired) electrons. The molecule has 0 bridgehead atoms. The minimum atomic E-state index is -0.403. The number of allylic oxidation sites excluding steroid dienone is 2. The number of rotatable bonds is 5. The van der Waals surface area contributed by atoms with E-state index in [0.717, 1.165) is 28.5 Å². The molecule has 0 unspecified atom stereocenters. The van der Waals surface area contributed by atoms with E-state index in [1.165, 1.54) is 35.5 Å². The fourth-order valence-corrected chi connectivity index (χ4v) is 4.03. The van der Waals surface area contributed by atoms with E-state index in [4.69, 9.17) is 0 Å². The van der Waals surface area contributed by atoms with E-state index in [0.29, 0.717) is 5.92 Å². The van der Waals surface area contributed by atoms with Gasteiger partial charge in [-0.25, -0.2) is 0 Å². The van der Waals surface area contributed by atoms with E-state index >= 15 is 0 Å². The van der Waals surface area contributed by atoms with E-state index in [9.17, 15) is 10.1 Å². The summed E-state index contributed by atoms with van der Waals surface area (Å²) < 4.78 is 0. The Bertz CT molecular complexity index is 796. The van der Waals surface area contributed by atoms with Crippen molar-refractivity contribution in [1.29, 1.82) is 0 Å². The van der Waals surface area contributed by atoms with Crippen LogP contribution in [0.25, 0.3) is 10.6 Å². The molecule has 1 aromatic carbocycles. The summed E-state index contributed by atoms with van der Waals surface area (Å²) in [5.74, 6) is 0.558. The number of benzene rings is 1. The van der Waals surface area contributed by atoms with Crippen molar-refractivity contribution in [3.63, 3.8) is 0 Å².